The van der Waals surface area contributed by atoms with E-state index in [2.05, 4.69) is 15.3 Å². The fourth-order valence-corrected chi connectivity index (χ4v) is 3.16. The number of carbonyl (C=O) groups is 2. The van der Waals surface area contributed by atoms with Crippen LogP contribution in [0.5, 0.6) is 0 Å². The maximum absolute atomic E-state index is 12.4. The fourth-order valence-electron chi connectivity index (χ4n) is 2.48. The van der Waals surface area contributed by atoms with Gasteiger partial charge < -0.3 is 20.8 Å². The van der Waals surface area contributed by atoms with Gasteiger partial charge in [0.1, 0.15) is 12.1 Å². The molecule has 0 aliphatic carbocycles. The maximum atomic E-state index is 12.4. The highest BCUT2D eigenvalue weighted by atomic mass is 31.2. The lowest BCUT2D eigenvalue weighted by Gasteiger charge is -2.20. The predicted octanol–water partition coefficient (Wildman–Crippen LogP) is 1.60. The molecule has 0 radical (unpaired) electrons. The van der Waals surface area contributed by atoms with Gasteiger partial charge in [-0.15, -0.1) is 0 Å². The molecule has 0 unspecified atom stereocenters. The molecule has 0 heterocycles. The predicted molar refractivity (Wildman–Crippen MR) is 99.4 cm³/mol. The van der Waals surface area contributed by atoms with Crippen LogP contribution in [-0.2, 0) is 26.7 Å². The van der Waals surface area contributed by atoms with Gasteiger partial charge in [-0.1, -0.05) is 43.2 Å². The number of amides is 2. The Hall–Kier alpha value is -2.38. The number of primary amides is 1. The number of carbonyl (C=O) groups excluding carboxylic acids is 2. The minimum atomic E-state index is -4.17. The molecule has 5 N–H and O–H groups in total. The average Bonchev–Trinajstić information content (AvgIpc) is 2.53. The number of hydrogen-bond acceptors (Lipinski definition) is 4. The van der Waals surface area contributed by atoms with E-state index < -0.39 is 31.5 Å². The van der Waals surface area contributed by atoms with Crippen LogP contribution in [0.25, 0.3) is 10.4 Å². The zero-order chi connectivity index (χ0) is 20.6. The molecule has 148 valence electrons. The monoisotopic (exact) mass is 397 g/mol. The molecule has 0 aliphatic rings. The number of nitrogens with two attached hydrogens (primary N) is 1. The number of rotatable bonds is 10. The Labute approximate surface area is 156 Å². The Morgan fingerprint density at radius 2 is 1.81 bits per heavy atom. The summed E-state index contributed by atoms with van der Waals surface area (Å²) in [4.78, 5) is 44.5. The quantitative estimate of drug-likeness (QED) is 0.202. The second-order valence-electron chi connectivity index (χ2n) is 6.66. The molecule has 0 saturated heterocycles. The molecule has 27 heavy (non-hydrogen) atoms. The van der Waals surface area contributed by atoms with Gasteiger partial charge in [0.15, 0.2) is 0 Å². The van der Waals surface area contributed by atoms with Gasteiger partial charge in [-0.3, -0.25) is 14.2 Å². The van der Waals surface area contributed by atoms with E-state index in [1.807, 2.05) is 13.8 Å². The second-order valence-corrected chi connectivity index (χ2v) is 8.30. The summed E-state index contributed by atoms with van der Waals surface area (Å²) >= 11 is 0. The lowest BCUT2D eigenvalue weighted by atomic mass is 10.0. The van der Waals surface area contributed by atoms with Crippen LogP contribution in [0.1, 0.15) is 31.4 Å². The summed E-state index contributed by atoms with van der Waals surface area (Å²) in [6, 6.07) is 4.31. The van der Waals surface area contributed by atoms with Gasteiger partial charge in [0.05, 0.1) is 6.16 Å². The van der Waals surface area contributed by atoms with Crippen molar-refractivity contribution in [3.05, 3.63) is 45.8 Å². The van der Waals surface area contributed by atoms with E-state index in [0.29, 0.717) is 17.5 Å². The summed E-state index contributed by atoms with van der Waals surface area (Å²) in [7, 11) is -4.17. The van der Waals surface area contributed by atoms with Crippen molar-refractivity contribution in [1.82, 2.24) is 5.32 Å². The zero-order valence-electron chi connectivity index (χ0n) is 15.1. The highest BCUT2D eigenvalue weighted by Gasteiger charge is 2.24. The molecule has 1 rings (SSSR count). The molecule has 0 spiro atoms. The lowest BCUT2D eigenvalue weighted by molar-refractivity contribution is -0.128. The van der Waals surface area contributed by atoms with Gasteiger partial charge in [-0.25, -0.2) is 0 Å². The molecule has 10 nitrogen and oxygen atoms in total. The van der Waals surface area contributed by atoms with Crippen molar-refractivity contribution in [1.29, 1.82) is 0 Å². The Balaban J connectivity index is 2.86. The van der Waals surface area contributed by atoms with Crippen molar-refractivity contribution in [2.24, 2.45) is 16.8 Å². The normalized spacial score (nSPS) is 13.5. The zero-order valence-corrected chi connectivity index (χ0v) is 16.0. The third-order valence-corrected chi connectivity index (χ3v) is 4.48. The first-order chi connectivity index (χ1) is 12.5. The molecule has 0 aliphatic heterocycles. The van der Waals surface area contributed by atoms with Gasteiger partial charge in [0.2, 0.25) is 11.8 Å². The van der Waals surface area contributed by atoms with Crippen LogP contribution in [0.2, 0.25) is 0 Å². The van der Waals surface area contributed by atoms with Crippen LogP contribution < -0.4 is 11.1 Å². The standard InChI is InChI=1S/C16H24N5O5P/c1-10(2)7-13(15(17)22)19-16(23)14(20-21-18)8-11-3-5-12(6-4-11)9-27(24,25)26/h3-6,10,13-14H,7-9H2,1-2H3,(H2,17,22)(H,19,23)(H2,24,25,26)/t13-,14-/m0/s1. The first-order valence-corrected chi connectivity index (χ1v) is 10.1. The van der Waals surface area contributed by atoms with Crippen LogP contribution in [-0.4, -0.2) is 33.7 Å². The molecule has 0 fully saturated rings. The van der Waals surface area contributed by atoms with Crippen LogP contribution >= 0.6 is 7.60 Å². The van der Waals surface area contributed by atoms with E-state index in [4.69, 9.17) is 21.1 Å². The third-order valence-electron chi connectivity index (χ3n) is 3.70. The van der Waals surface area contributed by atoms with Gasteiger partial charge in [-0.2, -0.15) is 0 Å². The minimum Gasteiger partial charge on any atom is -0.368 e. The highest BCUT2D eigenvalue weighted by Crippen LogP contribution is 2.38. The van der Waals surface area contributed by atoms with E-state index in [9.17, 15) is 14.2 Å². The Morgan fingerprint density at radius 1 is 1.26 bits per heavy atom. The van der Waals surface area contributed by atoms with Gasteiger partial charge >= 0.3 is 7.60 Å². The summed E-state index contributed by atoms with van der Waals surface area (Å²) < 4.78 is 11.0. The Bertz CT molecular complexity index is 755. The molecule has 0 saturated carbocycles. The van der Waals surface area contributed by atoms with Crippen LogP contribution in [0.4, 0.5) is 0 Å². The molecule has 2 amide bonds. The largest absolute Gasteiger partial charge is 0.368 e. The van der Waals surface area contributed by atoms with Crippen LogP contribution in [0, 0.1) is 5.92 Å². The first-order valence-electron chi connectivity index (χ1n) is 8.28. The van der Waals surface area contributed by atoms with E-state index in [1.54, 1.807) is 12.1 Å². The molecule has 2 atom stereocenters. The van der Waals surface area contributed by atoms with Crippen molar-refractivity contribution in [2.45, 2.75) is 44.9 Å². The number of benzene rings is 1. The third kappa shape index (κ3) is 8.70. The number of nitrogens with zero attached hydrogens (tertiary/aromatic N) is 3. The number of nitrogens with one attached hydrogen (secondary N) is 1. The van der Waals surface area contributed by atoms with Crippen LogP contribution in [0.15, 0.2) is 29.4 Å². The molecule has 0 aromatic heterocycles. The van der Waals surface area contributed by atoms with Crippen molar-refractivity contribution in [3.63, 3.8) is 0 Å². The Kier molecular flexibility index (Phi) is 8.46. The van der Waals surface area contributed by atoms with Gasteiger partial charge in [-0.05, 0) is 35.4 Å². The summed E-state index contributed by atoms with van der Waals surface area (Å²) in [6.45, 7) is 3.76. The molecule has 11 heteroatoms. The molecule has 1 aromatic carbocycles. The van der Waals surface area contributed by atoms with E-state index in [1.165, 1.54) is 12.1 Å². The topological polar surface area (TPSA) is 178 Å². The van der Waals surface area contributed by atoms with Crippen molar-refractivity contribution in [3.8, 4) is 0 Å². The summed E-state index contributed by atoms with van der Waals surface area (Å²) in [5.74, 6) is -1.16. The highest BCUT2D eigenvalue weighted by molar-refractivity contribution is 7.50. The second kappa shape index (κ2) is 10.1. The summed E-state index contributed by atoms with van der Waals surface area (Å²) in [5, 5.41) is 6.00. The molecular formula is C16H24N5O5P. The molecule has 1 aromatic rings. The van der Waals surface area contributed by atoms with Gasteiger partial charge in [0, 0.05) is 4.91 Å². The van der Waals surface area contributed by atoms with Gasteiger partial charge in [0.25, 0.3) is 0 Å². The summed E-state index contributed by atoms with van der Waals surface area (Å²) in [5.41, 5.74) is 15.1. The van der Waals surface area contributed by atoms with Crippen molar-refractivity contribution < 1.29 is 23.9 Å². The van der Waals surface area contributed by atoms with E-state index in [-0.39, 0.29) is 18.5 Å². The molecular weight excluding hydrogens is 373 g/mol. The van der Waals surface area contributed by atoms with E-state index in [0.717, 1.165) is 0 Å². The summed E-state index contributed by atoms with van der Waals surface area (Å²) in [6.07, 6.45) is 0.0451. The SMILES string of the molecule is CC(C)C[C@H](NC(=O)[C@H](Cc1ccc(CP(=O)(O)O)cc1)N=[N+]=[N-])C(N)=O. The van der Waals surface area contributed by atoms with Crippen molar-refractivity contribution in [2.75, 3.05) is 0 Å². The van der Waals surface area contributed by atoms with Crippen LogP contribution in [0.3, 0.4) is 0 Å². The lowest BCUT2D eigenvalue weighted by Crippen LogP contribution is -2.48. The fraction of sp³-hybridized carbons (Fsp3) is 0.500. The number of hydrogen-bond donors (Lipinski definition) is 4. The maximum Gasteiger partial charge on any atom is 0.329 e. The Morgan fingerprint density at radius 3 is 2.26 bits per heavy atom. The first kappa shape index (κ1) is 22.7. The minimum absolute atomic E-state index is 0.0687. The average molecular weight is 397 g/mol. The molecule has 0 bridgehead atoms. The number of azide groups is 1. The smallest absolute Gasteiger partial charge is 0.329 e. The van der Waals surface area contributed by atoms with Crippen molar-refractivity contribution >= 4 is 19.4 Å². The van der Waals surface area contributed by atoms with E-state index >= 15 is 0 Å².